The van der Waals surface area contributed by atoms with E-state index in [-0.39, 0.29) is 0 Å². The lowest BCUT2D eigenvalue weighted by Crippen LogP contribution is -2.48. The van der Waals surface area contributed by atoms with Crippen LogP contribution in [0.1, 0.15) is 37.8 Å². The summed E-state index contributed by atoms with van der Waals surface area (Å²) in [6, 6.07) is 16.1. The Kier molecular flexibility index (Phi) is 5.67. The summed E-state index contributed by atoms with van der Waals surface area (Å²) < 4.78 is 11.8. The molecule has 1 unspecified atom stereocenters. The highest BCUT2D eigenvalue weighted by Gasteiger charge is 2.22. The maximum atomic E-state index is 6.34. The van der Waals surface area contributed by atoms with Crippen molar-refractivity contribution in [1.29, 1.82) is 0 Å². The number of aryl methyl sites for hydroxylation is 1. The lowest BCUT2D eigenvalue weighted by Gasteiger charge is -2.26. The molecule has 2 rings (SSSR count). The molecule has 0 aliphatic carbocycles. The minimum absolute atomic E-state index is 0.404. The predicted molar refractivity (Wildman–Crippen MR) is 95.3 cm³/mol. The lowest BCUT2D eigenvalue weighted by atomic mass is 10.0. The fraction of sp³-hybridized carbons (Fsp3) is 0.400. The molecule has 0 saturated carbocycles. The molecule has 23 heavy (non-hydrogen) atoms. The zero-order valence-electron chi connectivity index (χ0n) is 14.5. The Labute approximate surface area is 139 Å². The smallest absolute Gasteiger partial charge is 0.122 e. The standard InChI is InChI=1S/C20H27NO2/c1-15(2)17-10-6-8-12-19(17)23-14-20(4,21)13-22-18-11-7-5-9-16(18)3/h5-12,15H,13-14,21H2,1-4H3. The number of hydrogen-bond acceptors (Lipinski definition) is 3. The summed E-state index contributed by atoms with van der Waals surface area (Å²) in [6.45, 7) is 9.10. The van der Waals surface area contributed by atoms with Gasteiger partial charge in [0.05, 0.1) is 5.54 Å². The molecule has 0 amide bonds. The van der Waals surface area contributed by atoms with Crippen molar-refractivity contribution in [2.75, 3.05) is 13.2 Å². The van der Waals surface area contributed by atoms with Gasteiger partial charge in [-0.1, -0.05) is 50.2 Å². The first kappa shape index (κ1) is 17.4. The Hall–Kier alpha value is -2.00. The zero-order chi connectivity index (χ0) is 16.9. The van der Waals surface area contributed by atoms with E-state index in [0.717, 1.165) is 17.1 Å². The number of ether oxygens (including phenoxy) is 2. The van der Waals surface area contributed by atoms with Crippen LogP contribution in [0.4, 0.5) is 0 Å². The van der Waals surface area contributed by atoms with E-state index in [4.69, 9.17) is 15.2 Å². The molecule has 0 aliphatic heterocycles. The second-order valence-electron chi connectivity index (χ2n) is 6.69. The summed E-state index contributed by atoms with van der Waals surface area (Å²) in [6.07, 6.45) is 0. The molecule has 0 heterocycles. The fourth-order valence-electron chi connectivity index (χ4n) is 2.33. The van der Waals surface area contributed by atoms with Crippen molar-refractivity contribution in [2.24, 2.45) is 5.73 Å². The van der Waals surface area contributed by atoms with E-state index in [2.05, 4.69) is 19.9 Å². The van der Waals surface area contributed by atoms with Crippen molar-refractivity contribution in [1.82, 2.24) is 0 Å². The van der Waals surface area contributed by atoms with Crippen LogP contribution in [0.5, 0.6) is 11.5 Å². The van der Waals surface area contributed by atoms with E-state index in [1.807, 2.05) is 56.3 Å². The summed E-state index contributed by atoms with van der Waals surface area (Å²) in [5.74, 6) is 2.18. The highest BCUT2D eigenvalue weighted by molar-refractivity contribution is 5.35. The third-order valence-corrected chi connectivity index (χ3v) is 3.75. The van der Waals surface area contributed by atoms with Gasteiger partial charge in [0.1, 0.15) is 24.7 Å². The molecule has 0 aromatic heterocycles. The molecule has 0 bridgehead atoms. The van der Waals surface area contributed by atoms with Gasteiger partial charge in [-0.05, 0) is 43.0 Å². The quantitative estimate of drug-likeness (QED) is 0.829. The van der Waals surface area contributed by atoms with E-state index >= 15 is 0 Å². The molecule has 1 atom stereocenters. The molecule has 124 valence electrons. The lowest BCUT2D eigenvalue weighted by molar-refractivity contribution is 0.158. The molecule has 0 aliphatic rings. The molecule has 2 aromatic carbocycles. The van der Waals surface area contributed by atoms with Crippen LogP contribution in [0.3, 0.4) is 0 Å². The molecule has 2 N–H and O–H groups in total. The molecule has 0 saturated heterocycles. The topological polar surface area (TPSA) is 44.5 Å². The predicted octanol–water partition coefficient (Wildman–Crippen LogP) is 4.29. The van der Waals surface area contributed by atoms with Crippen LogP contribution in [0.25, 0.3) is 0 Å². The average Bonchev–Trinajstić information content (AvgIpc) is 2.52. The molecule has 2 aromatic rings. The van der Waals surface area contributed by atoms with Crippen LogP contribution in [0.2, 0.25) is 0 Å². The van der Waals surface area contributed by atoms with Gasteiger partial charge in [-0.15, -0.1) is 0 Å². The largest absolute Gasteiger partial charge is 0.491 e. The Morgan fingerprint density at radius 2 is 1.43 bits per heavy atom. The first-order valence-electron chi connectivity index (χ1n) is 8.08. The Morgan fingerprint density at radius 3 is 2.04 bits per heavy atom. The fourth-order valence-corrected chi connectivity index (χ4v) is 2.33. The molecular weight excluding hydrogens is 286 g/mol. The van der Waals surface area contributed by atoms with Crippen molar-refractivity contribution in [2.45, 2.75) is 39.2 Å². The maximum Gasteiger partial charge on any atom is 0.122 e. The van der Waals surface area contributed by atoms with Gasteiger partial charge in [-0.2, -0.15) is 0 Å². The maximum absolute atomic E-state index is 6.34. The summed E-state index contributed by atoms with van der Waals surface area (Å²) in [5, 5.41) is 0. The van der Waals surface area contributed by atoms with Crippen LogP contribution in [0, 0.1) is 6.92 Å². The number of nitrogens with two attached hydrogens (primary N) is 1. The zero-order valence-corrected chi connectivity index (χ0v) is 14.5. The minimum Gasteiger partial charge on any atom is -0.491 e. The molecule has 0 fully saturated rings. The highest BCUT2D eigenvalue weighted by Crippen LogP contribution is 2.26. The number of benzene rings is 2. The van der Waals surface area contributed by atoms with E-state index in [9.17, 15) is 0 Å². The Morgan fingerprint density at radius 1 is 0.913 bits per heavy atom. The second-order valence-corrected chi connectivity index (χ2v) is 6.69. The van der Waals surface area contributed by atoms with Gasteiger partial charge in [0.15, 0.2) is 0 Å². The Bertz CT molecular complexity index is 635. The van der Waals surface area contributed by atoms with Crippen LogP contribution in [0.15, 0.2) is 48.5 Å². The van der Waals surface area contributed by atoms with E-state index in [0.29, 0.717) is 19.1 Å². The molecule has 3 nitrogen and oxygen atoms in total. The monoisotopic (exact) mass is 313 g/mol. The highest BCUT2D eigenvalue weighted by atomic mass is 16.5. The minimum atomic E-state index is -0.563. The molecule has 0 radical (unpaired) electrons. The Balaban J connectivity index is 1.95. The van der Waals surface area contributed by atoms with Gasteiger partial charge in [0.2, 0.25) is 0 Å². The van der Waals surface area contributed by atoms with E-state index in [1.165, 1.54) is 5.56 Å². The van der Waals surface area contributed by atoms with Gasteiger partial charge in [-0.3, -0.25) is 0 Å². The third kappa shape index (κ3) is 5.00. The number of para-hydroxylation sites is 2. The molecular formula is C20H27NO2. The van der Waals surface area contributed by atoms with Crippen LogP contribution in [-0.4, -0.2) is 18.8 Å². The number of rotatable bonds is 7. The van der Waals surface area contributed by atoms with Gasteiger partial charge >= 0.3 is 0 Å². The van der Waals surface area contributed by atoms with Gasteiger partial charge in [0, 0.05) is 0 Å². The van der Waals surface area contributed by atoms with E-state index in [1.54, 1.807) is 0 Å². The summed E-state index contributed by atoms with van der Waals surface area (Å²) >= 11 is 0. The van der Waals surface area contributed by atoms with Crippen molar-refractivity contribution in [3.8, 4) is 11.5 Å². The SMILES string of the molecule is Cc1ccccc1OCC(C)(N)COc1ccccc1C(C)C. The average molecular weight is 313 g/mol. The first-order valence-corrected chi connectivity index (χ1v) is 8.08. The summed E-state index contributed by atoms with van der Waals surface area (Å²) in [7, 11) is 0. The second kappa shape index (κ2) is 7.51. The van der Waals surface area contributed by atoms with Crippen molar-refractivity contribution >= 4 is 0 Å². The van der Waals surface area contributed by atoms with Crippen molar-refractivity contribution < 1.29 is 9.47 Å². The molecule has 3 heteroatoms. The van der Waals surface area contributed by atoms with Crippen molar-refractivity contribution in [3.05, 3.63) is 59.7 Å². The third-order valence-electron chi connectivity index (χ3n) is 3.75. The summed E-state index contributed by atoms with van der Waals surface area (Å²) in [5.41, 5.74) is 8.08. The van der Waals surface area contributed by atoms with Crippen LogP contribution < -0.4 is 15.2 Å². The van der Waals surface area contributed by atoms with Gasteiger partial charge in [-0.25, -0.2) is 0 Å². The summed E-state index contributed by atoms with van der Waals surface area (Å²) in [4.78, 5) is 0. The van der Waals surface area contributed by atoms with Gasteiger partial charge < -0.3 is 15.2 Å². The first-order chi connectivity index (χ1) is 10.9. The normalized spacial score (nSPS) is 13.7. The van der Waals surface area contributed by atoms with E-state index < -0.39 is 5.54 Å². The number of hydrogen-bond donors (Lipinski definition) is 1. The van der Waals surface area contributed by atoms with Gasteiger partial charge in [0.25, 0.3) is 0 Å². The van der Waals surface area contributed by atoms with Crippen molar-refractivity contribution in [3.63, 3.8) is 0 Å². The van der Waals surface area contributed by atoms with Crippen LogP contribution >= 0.6 is 0 Å². The molecule has 0 spiro atoms. The van der Waals surface area contributed by atoms with Crippen LogP contribution in [-0.2, 0) is 0 Å².